The quantitative estimate of drug-likeness (QED) is 0.480. The van der Waals surface area contributed by atoms with E-state index in [9.17, 15) is 18.0 Å². The Bertz CT molecular complexity index is 916. The molecule has 0 aromatic heterocycles. The number of amides is 1. The second-order valence-corrected chi connectivity index (χ2v) is 6.87. The van der Waals surface area contributed by atoms with Gasteiger partial charge in [-0.05, 0) is 23.8 Å². The predicted octanol–water partition coefficient (Wildman–Crippen LogP) is 2.39. The number of benzene rings is 2. The van der Waals surface area contributed by atoms with Crippen LogP contribution in [-0.4, -0.2) is 44.9 Å². The average Bonchev–Trinajstić information content (AvgIpc) is 2.74. The van der Waals surface area contributed by atoms with Gasteiger partial charge in [0.2, 0.25) is 5.91 Å². The van der Waals surface area contributed by atoms with Crippen molar-refractivity contribution in [1.82, 2.24) is 16.0 Å². The highest BCUT2D eigenvalue weighted by molar-refractivity contribution is 5.82. The molecule has 1 aliphatic heterocycles. The Morgan fingerprint density at radius 3 is 2.52 bits per heavy atom. The van der Waals surface area contributed by atoms with Crippen molar-refractivity contribution < 1.29 is 22.7 Å². The topological polar surface area (TPSA) is 78.0 Å². The van der Waals surface area contributed by atoms with Gasteiger partial charge in [-0.3, -0.25) is 9.79 Å². The zero-order valence-electron chi connectivity index (χ0n) is 17.0. The molecule has 0 radical (unpaired) electrons. The number of anilines is 1. The van der Waals surface area contributed by atoms with E-state index in [-0.39, 0.29) is 18.2 Å². The van der Waals surface area contributed by atoms with Gasteiger partial charge in [-0.15, -0.1) is 13.2 Å². The molecule has 1 heterocycles. The summed E-state index contributed by atoms with van der Waals surface area (Å²) in [6, 6.07) is 13.8. The maximum atomic E-state index is 12.6. The van der Waals surface area contributed by atoms with Gasteiger partial charge in [0.25, 0.3) is 0 Å². The molecule has 0 bridgehead atoms. The third-order valence-corrected chi connectivity index (χ3v) is 4.67. The number of carbonyl (C=O) groups is 1. The van der Waals surface area contributed by atoms with Crippen LogP contribution in [0.3, 0.4) is 0 Å². The zero-order chi connectivity index (χ0) is 22.3. The van der Waals surface area contributed by atoms with Crippen LogP contribution in [-0.2, 0) is 17.9 Å². The van der Waals surface area contributed by atoms with Gasteiger partial charge in [0.1, 0.15) is 5.75 Å². The lowest BCUT2D eigenvalue weighted by atomic mass is 10.2. The summed E-state index contributed by atoms with van der Waals surface area (Å²) in [6.07, 6.45) is -4.75. The van der Waals surface area contributed by atoms with E-state index in [0.29, 0.717) is 31.2 Å². The minimum Gasteiger partial charge on any atom is -0.405 e. The molecule has 0 atom stereocenters. The van der Waals surface area contributed by atoms with E-state index in [1.165, 1.54) is 12.1 Å². The molecular formula is C21H24F3N5O2. The fourth-order valence-corrected chi connectivity index (χ4v) is 3.14. The number of rotatable bonds is 6. The molecule has 0 saturated carbocycles. The van der Waals surface area contributed by atoms with E-state index in [1.54, 1.807) is 19.2 Å². The lowest BCUT2D eigenvalue weighted by Crippen LogP contribution is -2.47. The molecule has 2 aromatic carbocycles. The van der Waals surface area contributed by atoms with Crippen LogP contribution in [0, 0.1) is 0 Å². The average molecular weight is 435 g/mol. The molecule has 1 aliphatic rings. The number of hydrogen-bond donors (Lipinski definition) is 3. The number of piperazine rings is 1. The second-order valence-electron chi connectivity index (χ2n) is 6.87. The van der Waals surface area contributed by atoms with E-state index in [1.807, 2.05) is 29.2 Å². The summed E-state index contributed by atoms with van der Waals surface area (Å²) in [5.74, 6) is 0.201. The fourth-order valence-electron chi connectivity index (χ4n) is 3.14. The van der Waals surface area contributed by atoms with Gasteiger partial charge < -0.3 is 25.6 Å². The highest BCUT2D eigenvalue weighted by Crippen LogP contribution is 2.26. The molecule has 0 spiro atoms. The van der Waals surface area contributed by atoms with Crippen LogP contribution in [0.5, 0.6) is 5.75 Å². The Kier molecular flexibility index (Phi) is 7.22. The summed E-state index contributed by atoms with van der Waals surface area (Å²) < 4.78 is 41.7. The largest absolute Gasteiger partial charge is 0.573 e. The number of aliphatic imine (C=N–C) groups is 1. The van der Waals surface area contributed by atoms with Crippen molar-refractivity contribution in [2.24, 2.45) is 4.99 Å². The van der Waals surface area contributed by atoms with Gasteiger partial charge in [-0.1, -0.05) is 30.3 Å². The maximum Gasteiger partial charge on any atom is 0.573 e. The normalized spacial score (nSPS) is 14.8. The van der Waals surface area contributed by atoms with Crippen molar-refractivity contribution >= 4 is 17.6 Å². The highest BCUT2D eigenvalue weighted by atomic mass is 19.4. The molecule has 0 aliphatic carbocycles. The number of ether oxygens (including phenoxy) is 1. The number of para-hydroxylation sites is 1. The van der Waals surface area contributed by atoms with Crippen LogP contribution in [0.1, 0.15) is 11.1 Å². The van der Waals surface area contributed by atoms with Crippen LogP contribution in [0.4, 0.5) is 18.9 Å². The number of guanidine groups is 1. The number of nitrogens with zero attached hydrogens (tertiary/aromatic N) is 2. The van der Waals surface area contributed by atoms with Gasteiger partial charge in [0.15, 0.2) is 5.96 Å². The highest BCUT2D eigenvalue weighted by Gasteiger charge is 2.31. The summed E-state index contributed by atoms with van der Waals surface area (Å²) in [6.45, 7) is 2.32. The molecule has 2 aromatic rings. The van der Waals surface area contributed by atoms with Crippen LogP contribution in [0.25, 0.3) is 0 Å². The Morgan fingerprint density at radius 1 is 1.13 bits per heavy atom. The van der Waals surface area contributed by atoms with Gasteiger partial charge in [0, 0.05) is 44.5 Å². The van der Waals surface area contributed by atoms with Crippen molar-refractivity contribution in [2.45, 2.75) is 19.5 Å². The molecule has 10 heteroatoms. The van der Waals surface area contributed by atoms with E-state index >= 15 is 0 Å². The lowest BCUT2D eigenvalue weighted by molar-refractivity contribution is -0.274. The second kappa shape index (κ2) is 10.1. The first-order valence-electron chi connectivity index (χ1n) is 9.73. The summed E-state index contributed by atoms with van der Waals surface area (Å²) in [4.78, 5) is 17.6. The minimum absolute atomic E-state index is 0.00840. The minimum atomic E-state index is -4.75. The Labute approximate surface area is 178 Å². The summed E-state index contributed by atoms with van der Waals surface area (Å²) in [5.41, 5.74) is 2.33. The Hall–Kier alpha value is -3.43. The smallest absolute Gasteiger partial charge is 0.405 e. The number of carbonyl (C=O) groups excluding carboxylic acids is 1. The SMILES string of the molecule is CN=C(NCc1ccc(N2CCNC(=O)C2)cc1)NCc1ccccc1OC(F)(F)F. The first kappa shape index (κ1) is 22.3. The molecule has 0 unspecified atom stereocenters. The van der Waals surface area contributed by atoms with Crippen LogP contribution >= 0.6 is 0 Å². The molecular weight excluding hydrogens is 411 g/mol. The first-order valence-corrected chi connectivity index (χ1v) is 9.73. The van der Waals surface area contributed by atoms with Crippen LogP contribution < -0.4 is 25.6 Å². The predicted molar refractivity (Wildman–Crippen MR) is 112 cm³/mol. The molecule has 3 rings (SSSR count). The monoisotopic (exact) mass is 435 g/mol. The fraction of sp³-hybridized carbons (Fsp3) is 0.333. The Balaban J connectivity index is 1.53. The number of alkyl halides is 3. The zero-order valence-corrected chi connectivity index (χ0v) is 17.0. The van der Waals surface area contributed by atoms with E-state index in [2.05, 4.69) is 25.7 Å². The third kappa shape index (κ3) is 6.80. The molecule has 1 saturated heterocycles. The van der Waals surface area contributed by atoms with Crippen LogP contribution in [0.2, 0.25) is 0 Å². The summed E-state index contributed by atoms with van der Waals surface area (Å²) >= 11 is 0. The molecule has 31 heavy (non-hydrogen) atoms. The van der Waals surface area contributed by atoms with Gasteiger partial charge >= 0.3 is 6.36 Å². The molecule has 1 amide bonds. The molecule has 7 nitrogen and oxygen atoms in total. The maximum absolute atomic E-state index is 12.6. The number of halogens is 3. The standard InChI is InChI=1S/C21H24F3N5O2/c1-25-20(28-13-16-4-2-3-5-18(16)31-21(22,23)24)27-12-15-6-8-17(9-7-15)29-11-10-26-19(30)14-29/h2-9H,10-14H2,1H3,(H,26,30)(H2,25,27,28). The van der Waals surface area contributed by atoms with Crippen molar-refractivity contribution in [3.05, 3.63) is 59.7 Å². The van der Waals surface area contributed by atoms with Crippen molar-refractivity contribution in [3.8, 4) is 5.75 Å². The first-order chi connectivity index (χ1) is 14.8. The van der Waals surface area contributed by atoms with Crippen molar-refractivity contribution in [2.75, 3.05) is 31.6 Å². The van der Waals surface area contributed by atoms with Gasteiger partial charge in [-0.25, -0.2) is 0 Å². The molecule has 1 fully saturated rings. The van der Waals surface area contributed by atoms with Gasteiger partial charge in [-0.2, -0.15) is 0 Å². The summed E-state index contributed by atoms with van der Waals surface area (Å²) in [5, 5.41) is 8.91. The van der Waals surface area contributed by atoms with E-state index in [4.69, 9.17) is 0 Å². The molecule has 166 valence electrons. The Morgan fingerprint density at radius 2 is 1.84 bits per heavy atom. The molecule has 3 N–H and O–H groups in total. The lowest BCUT2D eigenvalue weighted by Gasteiger charge is -2.28. The third-order valence-electron chi connectivity index (χ3n) is 4.67. The van der Waals surface area contributed by atoms with Crippen molar-refractivity contribution in [1.29, 1.82) is 0 Å². The summed E-state index contributed by atoms with van der Waals surface area (Å²) in [7, 11) is 1.58. The number of hydrogen-bond acceptors (Lipinski definition) is 4. The number of nitrogens with one attached hydrogen (secondary N) is 3. The van der Waals surface area contributed by atoms with E-state index in [0.717, 1.165) is 17.8 Å². The van der Waals surface area contributed by atoms with Crippen molar-refractivity contribution in [3.63, 3.8) is 0 Å². The van der Waals surface area contributed by atoms with Crippen LogP contribution in [0.15, 0.2) is 53.5 Å². The van der Waals surface area contributed by atoms with E-state index < -0.39 is 6.36 Å². The van der Waals surface area contributed by atoms with Gasteiger partial charge in [0.05, 0.1) is 6.54 Å².